The van der Waals surface area contributed by atoms with Crippen LogP contribution < -0.4 is 10.1 Å². The lowest BCUT2D eigenvalue weighted by Gasteiger charge is -2.42. The van der Waals surface area contributed by atoms with E-state index >= 15 is 0 Å². The van der Waals surface area contributed by atoms with Crippen LogP contribution in [0.1, 0.15) is 31.2 Å². The van der Waals surface area contributed by atoms with Gasteiger partial charge in [-0.25, -0.2) is 0 Å². The number of ether oxygens (including phenoxy) is 1. The molecule has 0 aromatic heterocycles. The van der Waals surface area contributed by atoms with Crippen molar-refractivity contribution in [3.63, 3.8) is 0 Å². The van der Waals surface area contributed by atoms with E-state index in [-0.39, 0.29) is 24.5 Å². The van der Waals surface area contributed by atoms with Crippen molar-refractivity contribution >= 4 is 11.9 Å². The van der Waals surface area contributed by atoms with E-state index in [2.05, 4.69) is 10.2 Å². The third kappa shape index (κ3) is 5.19. The molecule has 0 radical (unpaired) electrons. The van der Waals surface area contributed by atoms with Crippen LogP contribution in [0, 0.1) is 5.92 Å². The van der Waals surface area contributed by atoms with Gasteiger partial charge in [0, 0.05) is 18.6 Å². The smallest absolute Gasteiger partial charge is 0.317 e. The fourth-order valence-corrected chi connectivity index (χ4v) is 3.36. The largest absolute Gasteiger partial charge is 0.497 e. The molecule has 2 N–H and O–H groups in total. The van der Waals surface area contributed by atoms with Gasteiger partial charge in [0.2, 0.25) is 5.91 Å². The molecule has 2 saturated carbocycles. The minimum Gasteiger partial charge on any atom is -0.497 e. The van der Waals surface area contributed by atoms with Crippen molar-refractivity contribution in [1.29, 1.82) is 0 Å². The fourth-order valence-electron chi connectivity index (χ4n) is 3.36. The summed E-state index contributed by atoms with van der Waals surface area (Å²) in [5.74, 6) is 0.691. The lowest BCUT2D eigenvalue weighted by atomic mass is 9.85. The molecular weight excluding hydrogens is 320 g/mol. The van der Waals surface area contributed by atoms with E-state index in [1.807, 2.05) is 24.3 Å². The van der Waals surface area contributed by atoms with Crippen molar-refractivity contribution in [2.45, 2.75) is 44.2 Å². The van der Waals surface area contributed by atoms with Crippen LogP contribution in [0.25, 0.3) is 0 Å². The van der Waals surface area contributed by atoms with Gasteiger partial charge >= 0.3 is 5.97 Å². The van der Waals surface area contributed by atoms with Crippen LogP contribution in [-0.4, -0.2) is 54.2 Å². The Morgan fingerprint density at radius 3 is 2.48 bits per heavy atom. The number of carbonyl (C=O) groups excluding carboxylic acids is 1. The van der Waals surface area contributed by atoms with Crippen LogP contribution in [0.15, 0.2) is 24.3 Å². The Kier molecular flexibility index (Phi) is 5.58. The van der Waals surface area contributed by atoms with Crippen LogP contribution in [0.4, 0.5) is 0 Å². The number of benzene rings is 1. The lowest BCUT2D eigenvalue weighted by Crippen LogP contribution is -2.55. The van der Waals surface area contributed by atoms with E-state index in [0.717, 1.165) is 30.7 Å². The van der Waals surface area contributed by atoms with E-state index in [1.54, 1.807) is 7.11 Å². The number of aliphatic carboxylic acids is 1. The van der Waals surface area contributed by atoms with Gasteiger partial charge in [0.15, 0.2) is 0 Å². The first-order chi connectivity index (χ1) is 12.0. The monoisotopic (exact) mass is 346 g/mol. The molecule has 2 aliphatic carbocycles. The van der Waals surface area contributed by atoms with E-state index in [0.29, 0.717) is 12.3 Å². The van der Waals surface area contributed by atoms with Crippen LogP contribution in [0.5, 0.6) is 5.75 Å². The Hall–Kier alpha value is -2.08. The number of nitrogens with one attached hydrogen (secondary N) is 1. The van der Waals surface area contributed by atoms with Gasteiger partial charge in [0.1, 0.15) is 5.75 Å². The second-order valence-electron chi connectivity index (χ2n) is 7.18. The van der Waals surface area contributed by atoms with E-state index < -0.39 is 5.97 Å². The summed E-state index contributed by atoms with van der Waals surface area (Å²) in [5.41, 5.74) is 0.954. The highest BCUT2D eigenvalue weighted by atomic mass is 16.5. The molecule has 0 bridgehead atoms. The highest BCUT2D eigenvalue weighted by Crippen LogP contribution is 2.33. The highest BCUT2D eigenvalue weighted by Gasteiger charge is 2.37. The summed E-state index contributed by atoms with van der Waals surface area (Å²) in [5, 5.41) is 12.1. The zero-order valence-corrected chi connectivity index (χ0v) is 14.6. The summed E-state index contributed by atoms with van der Waals surface area (Å²) < 4.78 is 5.11. The standard InChI is InChI=1S/C19H26N2O4/c1-25-17-6-4-13(5-7-17)8-18(22)20-15-9-16(10-15)21(12-19(23)24)11-14-2-3-14/h4-7,14-16H,2-3,8-12H2,1H3,(H,20,22)(H,23,24). The second kappa shape index (κ2) is 7.87. The maximum absolute atomic E-state index is 12.2. The SMILES string of the molecule is COc1ccc(CC(=O)NC2CC(N(CC(=O)O)CC3CC3)C2)cc1. The molecule has 0 heterocycles. The molecule has 2 aliphatic rings. The molecule has 136 valence electrons. The third-order valence-electron chi connectivity index (χ3n) is 5.05. The van der Waals surface area contributed by atoms with Crippen molar-refractivity contribution in [2.75, 3.05) is 20.2 Å². The van der Waals surface area contributed by atoms with Gasteiger partial charge in [-0.1, -0.05) is 12.1 Å². The molecule has 6 nitrogen and oxygen atoms in total. The number of amides is 1. The molecule has 0 atom stereocenters. The maximum Gasteiger partial charge on any atom is 0.317 e. The van der Waals surface area contributed by atoms with Gasteiger partial charge in [0.05, 0.1) is 20.1 Å². The zero-order valence-electron chi connectivity index (χ0n) is 14.6. The maximum atomic E-state index is 12.2. The minimum absolute atomic E-state index is 0.0144. The van der Waals surface area contributed by atoms with Gasteiger partial charge < -0.3 is 15.2 Å². The Labute approximate surface area is 148 Å². The quantitative estimate of drug-likeness (QED) is 0.711. The minimum atomic E-state index is -0.771. The highest BCUT2D eigenvalue weighted by molar-refractivity contribution is 5.79. The number of hydrogen-bond donors (Lipinski definition) is 2. The van der Waals surface area contributed by atoms with E-state index in [4.69, 9.17) is 9.84 Å². The molecule has 6 heteroatoms. The molecule has 1 aromatic carbocycles. The average molecular weight is 346 g/mol. The third-order valence-corrected chi connectivity index (χ3v) is 5.05. The number of carboxylic acids is 1. The predicted octanol–water partition coefficient (Wildman–Crippen LogP) is 1.68. The molecule has 0 unspecified atom stereocenters. The van der Waals surface area contributed by atoms with Crippen molar-refractivity contribution in [3.05, 3.63) is 29.8 Å². The summed E-state index contributed by atoms with van der Waals surface area (Å²) >= 11 is 0. The van der Waals surface area contributed by atoms with Gasteiger partial charge in [-0.15, -0.1) is 0 Å². The lowest BCUT2D eigenvalue weighted by molar-refractivity contribution is -0.140. The number of rotatable bonds is 9. The van der Waals surface area contributed by atoms with Gasteiger partial charge in [-0.05, 0) is 49.3 Å². The molecule has 3 rings (SSSR count). The summed E-state index contributed by atoms with van der Waals surface area (Å²) in [7, 11) is 1.62. The Bertz CT molecular complexity index is 606. The molecule has 0 spiro atoms. The second-order valence-corrected chi connectivity index (χ2v) is 7.18. The van der Waals surface area contributed by atoms with Crippen molar-refractivity contribution in [2.24, 2.45) is 5.92 Å². The van der Waals surface area contributed by atoms with E-state index in [1.165, 1.54) is 12.8 Å². The van der Waals surface area contributed by atoms with Gasteiger partial charge in [-0.3, -0.25) is 14.5 Å². The molecule has 1 amide bonds. The summed E-state index contributed by atoms with van der Waals surface area (Å²) in [6, 6.07) is 7.93. The zero-order chi connectivity index (χ0) is 17.8. The van der Waals surface area contributed by atoms with Crippen LogP contribution in [0.3, 0.4) is 0 Å². The van der Waals surface area contributed by atoms with Crippen molar-refractivity contribution < 1.29 is 19.4 Å². The number of nitrogens with zero attached hydrogens (tertiary/aromatic N) is 1. The van der Waals surface area contributed by atoms with Gasteiger partial charge in [-0.2, -0.15) is 0 Å². The summed E-state index contributed by atoms with van der Waals surface area (Å²) in [4.78, 5) is 25.3. The number of hydrogen-bond acceptors (Lipinski definition) is 4. The molecule has 0 saturated heterocycles. The Balaban J connectivity index is 1.42. The molecule has 2 fully saturated rings. The van der Waals surface area contributed by atoms with E-state index in [9.17, 15) is 9.59 Å². The first-order valence-corrected chi connectivity index (χ1v) is 8.91. The van der Waals surface area contributed by atoms with Crippen molar-refractivity contribution in [3.8, 4) is 5.75 Å². The van der Waals surface area contributed by atoms with Gasteiger partial charge in [0.25, 0.3) is 0 Å². The normalized spacial score (nSPS) is 22.3. The van der Waals surface area contributed by atoms with Crippen molar-refractivity contribution in [1.82, 2.24) is 10.2 Å². The molecule has 1 aromatic rings. The Morgan fingerprint density at radius 2 is 1.92 bits per heavy atom. The molecule has 0 aliphatic heterocycles. The Morgan fingerprint density at radius 1 is 1.24 bits per heavy atom. The first-order valence-electron chi connectivity index (χ1n) is 8.91. The topological polar surface area (TPSA) is 78.9 Å². The fraction of sp³-hybridized carbons (Fsp3) is 0.579. The predicted molar refractivity (Wildman–Crippen MR) is 93.6 cm³/mol. The first kappa shape index (κ1) is 17.7. The average Bonchev–Trinajstić information content (AvgIpc) is 3.34. The summed E-state index contributed by atoms with van der Waals surface area (Å²) in [6.45, 7) is 0.983. The molecule has 25 heavy (non-hydrogen) atoms. The number of carboxylic acid groups (broad SMARTS) is 1. The summed E-state index contributed by atoms with van der Waals surface area (Å²) in [6.07, 6.45) is 4.46. The molecular formula is C19H26N2O4. The van der Waals surface area contributed by atoms with Crippen LogP contribution in [0.2, 0.25) is 0 Å². The number of methoxy groups -OCH3 is 1. The van der Waals surface area contributed by atoms with Crippen LogP contribution in [-0.2, 0) is 16.0 Å². The number of carbonyl (C=O) groups is 2. The van der Waals surface area contributed by atoms with Crippen LogP contribution >= 0.6 is 0 Å².